The minimum Gasteiger partial charge on any atom is -0.466 e. The van der Waals surface area contributed by atoms with Crippen molar-refractivity contribution in [2.45, 2.75) is 96.8 Å². The maximum Gasteiger partial charge on any atom is 0.305 e. The molecular weight excluding hydrogens is 995 g/mol. The third-order valence-corrected chi connectivity index (χ3v) is 13.3. The number of esters is 1. The zero-order chi connectivity index (χ0) is 52.7. The molecule has 72 heavy (non-hydrogen) atoms. The highest BCUT2D eigenvalue weighted by Crippen LogP contribution is 2.25. The summed E-state index contributed by atoms with van der Waals surface area (Å²) in [6.45, 7) is 10.1. The Bertz CT molecular complexity index is 2230. The number of ketones is 1. The maximum atomic E-state index is 12.2. The van der Waals surface area contributed by atoms with Crippen LogP contribution in [0.5, 0.6) is 0 Å². The van der Waals surface area contributed by atoms with Crippen molar-refractivity contribution in [1.29, 1.82) is 0 Å². The van der Waals surface area contributed by atoms with Gasteiger partial charge < -0.3 is 30.0 Å². The van der Waals surface area contributed by atoms with E-state index in [9.17, 15) is 48.6 Å². The van der Waals surface area contributed by atoms with Gasteiger partial charge in [0.25, 0.3) is 35.4 Å². The Hall–Kier alpha value is -5.54. The number of unbranched alkanes of at least 4 members (excludes halogenated alkanes) is 4. The molecule has 8 rings (SSSR count). The van der Waals surface area contributed by atoms with Gasteiger partial charge in [0.1, 0.15) is 5.78 Å². The number of β-amino-alcohol motifs (C(OH)–C–C–N with tert-alkyl or cyclic N) is 1. The van der Waals surface area contributed by atoms with Crippen LogP contribution in [0, 0.1) is 5.92 Å². The minimum atomic E-state index is -0.544. The maximum absolute atomic E-state index is 12.2. The Balaban J connectivity index is 0.000000202. The Morgan fingerprint density at radius 2 is 1.11 bits per heavy atom. The Labute approximate surface area is 429 Å². The molecule has 19 heteroatoms. The summed E-state index contributed by atoms with van der Waals surface area (Å²) in [5, 5.41) is 40.2. The number of ether oxygens (including phenoxy) is 1. The molecule has 392 valence electrons. The Morgan fingerprint density at radius 3 is 1.54 bits per heavy atom. The smallest absolute Gasteiger partial charge is 0.305 e. The lowest BCUT2D eigenvalue weighted by Crippen LogP contribution is -2.37. The van der Waals surface area contributed by atoms with Crippen LogP contribution in [0.1, 0.15) is 141 Å². The Morgan fingerprint density at radius 1 is 0.625 bits per heavy atom. The van der Waals surface area contributed by atoms with Crippen molar-refractivity contribution in [1.82, 2.24) is 24.9 Å². The molecule has 6 amide bonds. The van der Waals surface area contributed by atoms with Crippen molar-refractivity contribution < 1.29 is 63.5 Å². The highest BCUT2D eigenvalue weighted by molar-refractivity contribution is 9.09. The lowest BCUT2D eigenvalue weighted by atomic mass is 10.1. The average Bonchev–Trinajstić information content (AvgIpc) is 4.15. The fourth-order valence-electron chi connectivity index (χ4n) is 8.67. The van der Waals surface area contributed by atoms with E-state index in [0.717, 1.165) is 63.4 Å². The van der Waals surface area contributed by atoms with Crippen LogP contribution in [0.4, 0.5) is 0 Å². The molecule has 5 aliphatic rings. The number of rotatable bonds is 18. The summed E-state index contributed by atoms with van der Waals surface area (Å²) in [7, 11) is 0. The zero-order valence-electron chi connectivity index (χ0n) is 41.5. The van der Waals surface area contributed by atoms with Crippen LogP contribution in [-0.4, -0.2) is 176 Å². The molecule has 5 heterocycles. The van der Waals surface area contributed by atoms with Gasteiger partial charge in [-0.3, -0.25) is 58.5 Å². The van der Waals surface area contributed by atoms with E-state index in [0.29, 0.717) is 85.6 Å². The summed E-state index contributed by atoms with van der Waals surface area (Å²) in [5.41, 5.74) is 2.94. The van der Waals surface area contributed by atoms with Crippen LogP contribution in [0.15, 0.2) is 72.8 Å². The first-order valence-electron chi connectivity index (χ1n) is 24.7. The summed E-state index contributed by atoms with van der Waals surface area (Å²) in [6.07, 6.45) is 6.70. The van der Waals surface area contributed by atoms with E-state index in [4.69, 9.17) is 14.9 Å². The highest BCUT2D eigenvalue weighted by Gasteiger charge is 2.37. The van der Waals surface area contributed by atoms with E-state index >= 15 is 0 Å². The van der Waals surface area contributed by atoms with Gasteiger partial charge in [0, 0.05) is 70.0 Å². The van der Waals surface area contributed by atoms with Crippen molar-refractivity contribution in [3.63, 3.8) is 0 Å². The Kier molecular flexibility index (Phi) is 25.0. The molecule has 0 aliphatic carbocycles. The molecule has 4 atom stereocenters. The van der Waals surface area contributed by atoms with Gasteiger partial charge in [0.2, 0.25) is 0 Å². The van der Waals surface area contributed by atoms with Crippen molar-refractivity contribution in [3.8, 4) is 0 Å². The molecule has 0 unspecified atom stereocenters. The third kappa shape index (κ3) is 16.8. The zero-order valence-corrected chi connectivity index (χ0v) is 43.1. The van der Waals surface area contributed by atoms with E-state index in [1.165, 1.54) is 9.80 Å². The predicted octanol–water partition coefficient (Wildman–Crippen LogP) is 4.51. The molecule has 0 radical (unpaired) electrons. The molecule has 3 aromatic carbocycles. The SMILES string of the molecule is CCN1CC[C@@H](O)[C@H]1CO.CCOC(=O)CCCCC(C)=O.O=C1NC(=O)c2ccccc21.O=C1c2ccccc2C(=O)N1CCCCCCBr.O=C1c2ccccc2C(=O)N1CCN1C[C@@H](CO)[C@@H](O)C1. The van der Waals surface area contributed by atoms with Crippen molar-refractivity contribution in [2.75, 3.05) is 71.0 Å². The normalized spacial score (nSPS) is 19.7. The highest BCUT2D eigenvalue weighted by atomic mass is 79.9. The van der Waals surface area contributed by atoms with Crippen LogP contribution in [-0.2, 0) is 14.3 Å². The number of carbonyl (C=O) groups is 8. The van der Waals surface area contributed by atoms with Crippen molar-refractivity contribution in [2.24, 2.45) is 5.92 Å². The van der Waals surface area contributed by atoms with E-state index in [1.54, 1.807) is 86.6 Å². The number of likely N-dealkylation sites (tertiary alicyclic amines) is 2. The van der Waals surface area contributed by atoms with Crippen molar-refractivity contribution >= 4 is 63.1 Å². The first-order chi connectivity index (χ1) is 34.6. The van der Waals surface area contributed by atoms with E-state index in [2.05, 4.69) is 26.1 Å². The molecule has 3 aromatic rings. The number of halogens is 1. The van der Waals surface area contributed by atoms with Crippen LogP contribution in [0.2, 0.25) is 0 Å². The number of alkyl halides is 1. The lowest BCUT2D eigenvalue weighted by Gasteiger charge is -2.21. The van der Waals surface area contributed by atoms with E-state index in [-0.39, 0.29) is 78.5 Å². The fraction of sp³-hybridized carbons (Fsp3) is 0.509. The largest absolute Gasteiger partial charge is 0.466 e. The topological polar surface area (TPSA) is 252 Å². The summed E-state index contributed by atoms with van der Waals surface area (Å²) in [6, 6.07) is 20.6. The summed E-state index contributed by atoms with van der Waals surface area (Å²) < 4.78 is 4.73. The molecular formula is C53H70BrN5O13. The monoisotopic (exact) mass is 1060 g/mol. The number of Topliss-reactive ketones (excluding diaryl/α,β-unsaturated/α-hetero) is 1. The minimum absolute atomic E-state index is 0.00926. The molecule has 0 bridgehead atoms. The van der Waals surface area contributed by atoms with E-state index < -0.39 is 6.10 Å². The number of carbonyl (C=O) groups excluding carboxylic acids is 8. The third-order valence-electron chi connectivity index (χ3n) is 12.7. The van der Waals surface area contributed by atoms with Gasteiger partial charge in [0.05, 0.1) is 64.8 Å². The number of nitrogens with one attached hydrogen (secondary N) is 1. The van der Waals surface area contributed by atoms with E-state index in [1.807, 2.05) is 11.8 Å². The first kappa shape index (κ1) is 59.0. The summed E-state index contributed by atoms with van der Waals surface area (Å²) in [5.74, 6) is -1.53. The van der Waals surface area contributed by atoms with Gasteiger partial charge in [-0.25, -0.2) is 0 Å². The molecule has 2 saturated heterocycles. The molecule has 2 fully saturated rings. The van der Waals surface area contributed by atoms with Crippen molar-refractivity contribution in [3.05, 3.63) is 106 Å². The second kappa shape index (κ2) is 30.5. The van der Waals surface area contributed by atoms with Gasteiger partial charge in [-0.15, -0.1) is 0 Å². The number of fused-ring (bicyclic) bond motifs is 3. The van der Waals surface area contributed by atoms with Crippen LogP contribution < -0.4 is 5.32 Å². The number of aliphatic hydroxyl groups is 4. The van der Waals surface area contributed by atoms with Crippen LogP contribution in [0.3, 0.4) is 0 Å². The fourth-order valence-corrected chi connectivity index (χ4v) is 9.07. The molecule has 0 spiro atoms. The average molecular weight is 1070 g/mol. The summed E-state index contributed by atoms with van der Waals surface area (Å²) >= 11 is 3.39. The number of hydrogen-bond donors (Lipinski definition) is 5. The van der Waals surface area contributed by atoms with Gasteiger partial charge in [0.15, 0.2) is 0 Å². The van der Waals surface area contributed by atoms with Gasteiger partial charge in [-0.05, 0) is 88.9 Å². The number of aliphatic hydroxyl groups excluding tert-OH is 4. The molecule has 0 aromatic heterocycles. The predicted molar refractivity (Wildman–Crippen MR) is 272 cm³/mol. The van der Waals surface area contributed by atoms with Crippen LogP contribution >= 0.6 is 15.9 Å². The van der Waals surface area contributed by atoms with Crippen LogP contribution in [0.25, 0.3) is 0 Å². The van der Waals surface area contributed by atoms with Gasteiger partial charge in [-0.1, -0.05) is 72.1 Å². The standard InChI is InChI=1S/C15H18N2O4.C14H16BrNO2.C9H16O3.C8H5NO2.C7H15NO2/c18-9-10-7-16(8-13(10)19)5-6-17-14(20)11-3-1-2-4-12(11)15(17)21;15-9-5-1-2-6-10-16-13(17)11-7-3-4-8-12(11)14(16)18;1-3-12-9(11)7-5-4-6-8(2)10;10-7-5-3-1-2-4-6(5)8(11)9-7;1-2-8-4-3-7(10)6(8)5-9/h1-4,10,13,18-19H,5-9H2;3-4,7-8H,1-2,5-6,9-10H2;3-7H2,1-2H3;1-4H,(H,9,10,11);6-7,9-10H,2-5H2,1H3/t10-,13-;;;;6-,7-/m0...1/s1. The number of benzene rings is 3. The number of imide groups is 3. The molecule has 18 nitrogen and oxygen atoms in total. The quantitative estimate of drug-likeness (QED) is 0.0509. The number of likely N-dealkylation sites (N-methyl/N-ethyl adjacent to an activating group) is 1. The second-order valence-corrected chi connectivity index (χ2v) is 18.6. The second-order valence-electron chi connectivity index (χ2n) is 17.8. The van der Waals surface area contributed by atoms with Gasteiger partial charge in [-0.2, -0.15) is 0 Å². The molecule has 0 saturated carbocycles. The number of amides is 6. The number of hydrogen-bond acceptors (Lipinski definition) is 15. The first-order valence-corrected chi connectivity index (χ1v) is 25.8. The molecule has 5 aliphatic heterocycles. The summed E-state index contributed by atoms with van der Waals surface area (Å²) in [4.78, 5) is 98.3. The molecule has 5 N–H and O–H groups in total. The van der Waals surface area contributed by atoms with Gasteiger partial charge >= 0.3 is 5.97 Å². The lowest BCUT2D eigenvalue weighted by molar-refractivity contribution is -0.143. The number of nitrogens with zero attached hydrogens (tertiary/aromatic N) is 4.